The summed E-state index contributed by atoms with van der Waals surface area (Å²) in [7, 11) is -3.55. The number of sulfonamides is 1. The summed E-state index contributed by atoms with van der Waals surface area (Å²) in [5, 5.41) is 2.84. The van der Waals surface area contributed by atoms with Gasteiger partial charge in [-0.1, -0.05) is 0 Å². The molecule has 0 bridgehead atoms. The van der Waals surface area contributed by atoms with Gasteiger partial charge in [0, 0.05) is 32.2 Å². The van der Waals surface area contributed by atoms with E-state index in [2.05, 4.69) is 5.32 Å². The molecule has 1 aromatic rings. The quantitative estimate of drug-likeness (QED) is 0.877. The largest absolute Gasteiger partial charge is 0.493 e. The number of nitrogens with zero attached hydrogens (tertiary/aromatic N) is 2. The van der Waals surface area contributed by atoms with Crippen molar-refractivity contribution in [2.45, 2.75) is 37.6 Å². The smallest absolute Gasteiger partial charge is 0.317 e. The van der Waals surface area contributed by atoms with Gasteiger partial charge in [-0.3, -0.25) is 0 Å². The first-order valence-corrected chi connectivity index (χ1v) is 10.1. The summed E-state index contributed by atoms with van der Waals surface area (Å²) >= 11 is 0. The number of hydrogen-bond acceptors (Lipinski definition) is 4. The van der Waals surface area contributed by atoms with Gasteiger partial charge in [-0.15, -0.1) is 0 Å². The Labute approximate surface area is 149 Å². The summed E-state index contributed by atoms with van der Waals surface area (Å²) < 4.78 is 32.8. The van der Waals surface area contributed by atoms with E-state index < -0.39 is 10.0 Å². The Balaban J connectivity index is 1.69. The molecule has 25 heavy (non-hydrogen) atoms. The van der Waals surface area contributed by atoms with E-state index in [0.29, 0.717) is 37.7 Å². The molecule has 3 rings (SSSR count). The molecule has 2 heterocycles. The SMILES string of the molecule is CC(C)NC(=O)N1CCN(S(=O)(=O)c2ccc3c(c2)CCCO3)CC1. The van der Waals surface area contributed by atoms with Crippen LogP contribution in [0.5, 0.6) is 5.75 Å². The highest BCUT2D eigenvalue weighted by Gasteiger charge is 2.30. The van der Waals surface area contributed by atoms with Gasteiger partial charge in [0.15, 0.2) is 0 Å². The van der Waals surface area contributed by atoms with E-state index in [-0.39, 0.29) is 12.1 Å². The van der Waals surface area contributed by atoms with E-state index in [0.717, 1.165) is 24.2 Å². The average Bonchev–Trinajstić information content (AvgIpc) is 2.61. The zero-order valence-electron chi connectivity index (χ0n) is 14.7. The van der Waals surface area contributed by atoms with Gasteiger partial charge < -0.3 is 15.0 Å². The second-order valence-corrected chi connectivity index (χ2v) is 8.65. The number of amides is 2. The third-order valence-electron chi connectivity index (χ3n) is 4.46. The first-order chi connectivity index (χ1) is 11.9. The maximum absolute atomic E-state index is 12.9. The van der Waals surface area contributed by atoms with Gasteiger partial charge in [0.2, 0.25) is 10.0 Å². The van der Waals surface area contributed by atoms with Crippen molar-refractivity contribution in [3.8, 4) is 5.75 Å². The monoisotopic (exact) mass is 367 g/mol. The number of fused-ring (bicyclic) bond motifs is 1. The highest BCUT2D eigenvalue weighted by atomic mass is 32.2. The Bertz CT molecular complexity index is 740. The third kappa shape index (κ3) is 3.90. The fourth-order valence-electron chi connectivity index (χ4n) is 3.12. The minimum atomic E-state index is -3.55. The molecule has 138 valence electrons. The number of benzene rings is 1. The first-order valence-electron chi connectivity index (χ1n) is 8.69. The molecule has 2 aliphatic heterocycles. The van der Waals surface area contributed by atoms with Gasteiger partial charge in [-0.2, -0.15) is 4.31 Å². The number of rotatable bonds is 3. The molecule has 1 N–H and O–H groups in total. The Morgan fingerprint density at radius 3 is 2.60 bits per heavy atom. The summed E-state index contributed by atoms with van der Waals surface area (Å²) in [6.07, 6.45) is 1.74. The fraction of sp³-hybridized carbons (Fsp3) is 0.588. The summed E-state index contributed by atoms with van der Waals surface area (Å²) in [5.74, 6) is 0.778. The molecule has 1 saturated heterocycles. The predicted octanol–water partition coefficient (Wildman–Crippen LogP) is 1.44. The van der Waals surface area contributed by atoms with E-state index >= 15 is 0 Å². The average molecular weight is 367 g/mol. The minimum absolute atomic E-state index is 0.0620. The summed E-state index contributed by atoms with van der Waals surface area (Å²) in [6.45, 7) is 5.89. The molecule has 0 aromatic heterocycles. The molecule has 8 heteroatoms. The Kier molecular flexibility index (Phi) is 5.19. The van der Waals surface area contributed by atoms with Crippen LogP contribution >= 0.6 is 0 Å². The van der Waals surface area contributed by atoms with E-state index in [4.69, 9.17) is 4.74 Å². The van der Waals surface area contributed by atoms with Gasteiger partial charge in [0.05, 0.1) is 11.5 Å². The van der Waals surface area contributed by atoms with Crippen molar-refractivity contribution >= 4 is 16.1 Å². The highest BCUT2D eigenvalue weighted by Crippen LogP contribution is 2.28. The van der Waals surface area contributed by atoms with Gasteiger partial charge in [0.25, 0.3) is 0 Å². The van der Waals surface area contributed by atoms with Crippen LogP contribution in [-0.2, 0) is 16.4 Å². The topological polar surface area (TPSA) is 79.0 Å². The van der Waals surface area contributed by atoms with Gasteiger partial charge in [-0.05, 0) is 50.5 Å². The van der Waals surface area contributed by atoms with Crippen LogP contribution in [0.15, 0.2) is 23.1 Å². The minimum Gasteiger partial charge on any atom is -0.493 e. The van der Waals surface area contributed by atoms with Crippen molar-refractivity contribution in [1.29, 1.82) is 0 Å². The molecule has 0 unspecified atom stereocenters. The van der Waals surface area contributed by atoms with Crippen LogP contribution in [-0.4, -0.2) is 62.5 Å². The third-order valence-corrected chi connectivity index (χ3v) is 6.35. The van der Waals surface area contributed by atoms with Crippen molar-refractivity contribution in [2.75, 3.05) is 32.8 Å². The normalized spacial score (nSPS) is 18.6. The number of urea groups is 1. The van der Waals surface area contributed by atoms with Gasteiger partial charge in [-0.25, -0.2) is 13.2 Å². The van der Waals surface area contributed by atoms with Crippen LogP contribution in [0.4, 0.5) is 4.79 Å². The number of piperazine rings is 1. The molecule has 7 nitrogen and oxygen atoms in total. The van der Waals surface area contributed by atoms with Crippen LogP contribution in [0.2, 0.25) is 0 Å². The zero-order chi connectivity index (χ0) is 18.0. The lowest BCUT2D eigenvalue weighted by Crippen LogP contribution is -2.53. The number of ether oxygens (including phenoxy) is 1. The molecule has 0 saturated carbocycles. The number of hydrogen-bond donors (Lipinski definition) is 1. The van der Waals surface area contributed by atoms with Gasteiger partial charge >= 0.3 is 6.03 Å². The Morgan fingerprint density at radius 1 is 1.20 bits per heavy atom. The summed E-state index contributed by atoms with van der Waals surface area (Å²) in [4.78, 5) is 14.0. The molecule has 1 fully saturated rings. The second kappa shape index (κ2) is 7.21. The number of carbonyl (C=O) groups excluding carboxylic acids is 1. The molecule has 0 spiro atoms. The Hall–Kier alpha value is -1.80. The second-order valence-electron chi connectivity index (χ2n) is 6.72. The fourth-order valence-corrected chi connectivity index (χ4v) is 4.59. The maximum atomic E-state index is 12.9. The molecule has 1 aromatic carbocycles. The van der Waals surface area contributed by atoms with E-state index in [9.17, 15) is 13.2 Å². The lowest BCUT2D eigenvalue weighted by atomic mass is 10.1. The van der Waals surface area contributed by atoms with Crippen molar-refractivity contribution < 1.29 is 17.9 Å². The predicted molar refractivity (Wildman–Crippen MR) is 94.3 cm³/mol. The highest BCUT2D eigenvalue weighted by molar-refractivity contribution is 7.89. The molecular formula is C17H25N3O4S. The Morgan fingerprint density at radius 2 is 1.92 bits per heavy atom. The van der Waals surface area contributed by atoms with Crippen LogP contribution in [0.25, 0.3) is 0 Å². The van der Waals surface area contributed by atoms with E-state index in [1.165, 1.54) is 4.31 Å². The molecule has 2 aliphatic rings. The van der Waals surface area contributed by atoms with Crippen molar-refractivity contribution in [3.63, 3.8) is 0 Å². The number of nitrogens with one attached hydrogen (secondary N) is 1. The van der Waals surface area contributed by atoms with Crippen LogP contribution in [0.1, 0.15) is 25.8 Å². The van der Waals surface area contributed by atoms with E-state index in [1.54, 1.807) is 23.1 Å². The standard InChI is InChI=1S/C17H25N3O4S/c1-13(2)18-17(21)19-7-9-20(10-8-19)25(22,23)15-5-6-16-14(12-15)4-3-11-24-16/h5-6,12-13H,3-4,7-11H2,1-2H3,(H,18,21). The molecular weight excluding hydrogens is 342 g/mol. The molecule has 2 amide bonds. The summed E-state index contributed by atoms with van der Waals surface area (Å²) in [5.41, 5.74) is 0.947. The molecule has 0 aliphatic carbocycles. The number of carbonyl (C=O) groups is 1. The first kappa shape index (κ1) is 18.0. The number of aryl methyl sites for hydroxylation is 1. The van der Waals surface area contributed by atoms with E-state index in [1.807, 2.05) is 13.8 Å². The molecule has 0 radical (unpaired) electrons. The van der Waals surface area contributed by atoms with Crippen LogP contribution in [0.3, 0.4) is 0 Å². The molecule has 0 atom stereocenters. The van der Waals surface area contributed by atoms with Crippen molar-refractivity contribution in [1.82, 2.24) is 14.5 Å². The lowest BCUT2D eigenvalue weighted by Gasteiger charge is -2.34. The van der Waals surface area contributed by atoms with Crippen molar-refractivity contribution in [3.05, 3.63) is 23.8 Å². The maximum Gasteiger partial charge on any atom is 0.317 e. The van der Waals surface area contributed by atoms with Crippen LogP contribution < -0.4 is 10.1 Å². The van der Waals surface area contributed by atoms with Crippen LogP contribution in [0, 0.1) is 0 Å². The summed E-state index contributed by atoms with van der Waals surface area (Å²) in [6, 6.07) is 5.00. The lowest BCUT2D eigenvalue weighted by molar-refractivity contribution is 0.170. The zero-order valence-corrected chi connectivity index (χ0v) is 15.5. The van der Waals surface area contributed by atoms with Crippen molar-refractivity contribution in [2.24, 2.45) is 0 Å². The van der Waals surface area contributed by atoms with Gasteiger partial charge in [0.1, 0.15) is 5.75 Å².